The summed E-state index contributed by atoms with van der Waals surface area (Å²) >= 11 is 1.40. The maximum atomic E-state index is 12.7. The van der Waals surface area contributed by atoms with Gasteiger partial charge in [-0.15, -0.1) is 11.3 Å². The summed E-state index contributed by atoms with van der Waals surface area (Å²) in [7, 11) is 0. The molecule has 1 aromatic carbocycles. The molecule has 2 aromatic heterocycles. The number of hydrogen-bond donors (Lipinski definition) is 1. The minimum atomic E-state index is -4.34. The van der Waals surface area contributed by atoms with E-state index in [0.717, 1.165) is 28.4 Å². The largest absolute Gasteiger partial charge is 0.416 e. The Kier molecular flexibility index (Phi) is 4.04. The summed E-state index contributed by atoms with van der Waals surface area (Å²) in [5.41, 5.74) is 7.66. The van der Waals surface area contributed by atoms with Crippen LogP contribution in [0.1, 0.15) is 16.1 Å². The van der Waals surface area contributed by atoms with Gasteiger partial charge in [0.05, 0.1) is 22.0 Å². The molecule has 2 N–H and O–H groups in total. The van der Waals surface area contributed by atoms with Crippen molar-refractivity contribution >= 4 is 17.0 Å². The van der Waals surface area contributed by atoms with Crippen LogP contribution < -0.4 is 5.73 Å². The molecule has 2 heterocycles. The maximum absolute atomic E-state index is 12.7. The third kappa shape index (κ3) is 3.68. The minimum Gasteiger partial charge on any atom is -0.397 e. The minimum absolute atomic E-state index is 0.352. The number of hydrogen-bond acceptors (Lipinski definition) is 4. The first-order valence-corrected chi connectivity index (χ1v) is 7.61. The topological polar surface area (TPSA) is 51.8 Å². The maximum Gasteiger partial charge on any atom is 0.416 e. The molecule has 0 amide bonds. The molecular formula is C16H12F3N3S. The Labute approximate surface area is 134 Å². The normalized spacial score (nSPS) is 11.6. The molecule has 3 aromatic rings. The van der Waals surface area contributed by atoms with E-state index in [2.05, 4.69) is 9.97 Å². The molecule has 0 atom stereocenters. The van der Waals surface area contributed by atoms with Gasteiger partial charge in [-0.25, -0.2) is 4.98 Å². The fraction of sp³-hybridized carbons (Fsp3) is 0.125. The summed E-state index contributed by atoms with van der Waals surface area (Å²) in [4.78, 5) is 8.46. The van der Waals surface area contributed by atoms with Gasteiger partial charge in [-0.2, -0.15) is 13.2 Å². The van der Waals surface area contributed by atoms with Crippen LogP contribution >= 0.6 is 11.3 Å². The van der Waals surface area contributed by atoms with Crippen molar-refractivity contribution in [2.45, 2.75) is 12.6 Å². The van der Waals surface area contributed by atoms with E-state index in [1.807, 2.05) is 5.38 Å². The molecule has 0 fully saturated rings. The first kappa shape index (κ1) is 15.5. The molecule has 0 saturated carbocycles. The van der Waals surface area contributed by atoms with Gasteiger partial charge in [-0.05, 0) is 17.7 Å². The van der Waals surface area contributed by atoms with Gasteiger partial charge in [0.25, 0.3) is 0 Å². The van der Waals surface area contributed by atoms with Gasteiger partial charge >= 0.3 is 6.18 Å². The highest BCUT2D eigenvalue weighted by molar-refractivity contribution is 7.10. The molecule has 0 spiro atoms. The number of rotatable bonds is 3. The van der Waals surface area contributed by atoms with E-state index in [1.165, 1.54) is 17.4 Å². The lowest BCUT2D eigenvalue weighted by Gasteiger charge is -2.07. The lowest BCUT2D eigenvalue weighted by Crippen LogP contribution is -2.05. The average molecular weight is 335 g/mol. The Morgan fingerprint density at radius 1 is 1.13 bits per heavy atom. The average Bonchev–Trinajstić information content (AvgIpc) is 2.95. The molecule has 7 heteroatoms. The molecule has 23 heavy (non-hydrogen) atoms. The predicted octanol–water partition coefficient (Wildman–Crippen LogP) is 4.40. The van der Waals surface area contributed by atoms with Crippen LogP contribution in [-0.4, -0.2) is 9.97 Å². The highest BCUT2D eigenvalue weighted by atomic mass is 32.1. The Bertz CT molecular complexity index is 827. The van der Waals surface area contributed by atoms with Crippen molar-refractivity contribution < 1.29 is 13.2 Å². The summed E-state index contributed by atoms with van der Waals surface area (Å²) in [6, 6.07) is 7.06. The lowest BCUT2D eigenvalue weighted by atomic mass is 10.1. The predicted molar refractivity (Wildman–Crippen MR) is 84.0 cm³/mol. The summed E-state index contributed by atoms with van der Waals surface area (Å²) in [6.07, 6.45) is -0.791. The van der Waals surface area contributed by atoms with E-state index in [9.17, 15) is 13.2 Å². The van der Waals surface area contributed by atoms with E-state index < -0.39 is 11.7 Å². The second-order valence-electron chi connectivity index (χ2n) is 5.01. The zero-order valence-electron chi connectivity index (χ0n) is 11.8. The number of halogens is 3. The number of nitrogens with zero attached hydrogens (tertiary/aromatic N) is 2. The molecule has 0 radical (unpaired) electrons. The van der Waals surface area contributed by atoms with Crippen molar-refractivity contribution in [2.75, 3.05) is 5.73 Å². The van der Waals surface area contributed by atoms with Crippen LogP contribution in [0, 0.1) is 0 Å². The molecule has 3 rings (SSSR count). The second kappa shape index (κ2) is 6.00. The second-order valence-corrected chi connectivity index (χ2v) is 5.95. The van der Waals surface area contributed by atoms with E-state index in [0.29, 0.717) is 17.7 Å². The summed E-state index contributed by atoms with van der Waals surface area (Å²) in [6.45, 7) is 0. The highest BCUT2D eigenvalue weighted by Gasteiger charge is 2.30. The van der Waals surface area contributed by atoms with E-state index in [-0.39, 0.29) is 0 Å². The quantitative estimate of drug-likeness (QED) is 0.772. The standard InChI is InChI=1S/C16H12F3N3S/c17-16(18,19)12-3-1-2-10(4-12)5-15-22-14(9-23-15)11-6-13(20)8-21-7-11/h1-4,6-9H,5,20H2. The highest BCUT2D eigenvalue weighted by Crippen LogP contribution is 2.30. The fourth-order valence-corrected chi connectivity index (χ4v) is 2.99. The molecular weight excluding hydrogens is 323 g/mol. The van der Waals surface area contributed by atoms with Gasteiger partial charge in [0, 0.05) is 29.8 Å². The lowest BCUT2D eigenvalue weighted by molar-refractivity contribution is -0.137. The number of thiazole rings is 1. The molecule has 0 aliphatic rings. The Balaban J connectivity index is 1.82. The Morgan fingerprint density at radius 2 is 1.96 bits per heavy atom. The van der Waals surface area contributed by atoms with Crippen LogP contribution in [0.2, 0.25) is 0 Å². The number of aromatic nitrogens is 2. The number of alkyl halides is 3. The number of nitrogen functional groups attached to an aromatic ring is 1. The molecule has 0 unspecified atom stereocenters. The molecule has 0 bridgehead atoms. The smallest absolute Gasteiger partial charge is 0.397 e. The van der Waals surface area contributed by atoms with Crippen molar-refractivity contribution in [1.29, 1.82) is 0 Å². The van der Waals surface area contributed by atoms with E-state index in [1.54, 1.807) is 24.5 Å². The van der Waals surface area contributed by atoms with Crippen molar-refractivity contribution in [3.8, 4) is 11.3 Å². The zero-order valence-corrected chi connectivity index (χ0v) is 12.7. The van der Waals surface area contributed by atoms with Gasteiger partial charge in [-0.1, -0.05) is 18.2 Å². The van der Waals surface area contributed by atoms with Gasteiger partial charge in [0.2, 0.25) is 0 Å². The van der Waals surface area contributed by atoms with Gasteiger partial charge in [0.15, 0.2) is 0 Å². The third-order valence-corrected chi connectivity index (χ3v) is 4.07. The molecule has 0 aliphatic carbocycles. The zero-order chi connectivity index (χ0) is 16.4. The first-order valence-electron chi connectivity index (χ1n) is 6.73. The molecule has 118 valence electrons. The SMILES string of the molecule is Nc1cncc(-c2csc(Cc3cccc(C(F)(F)F)c3)n2)c1. The first-order chi connectivity index (χ1) is 10.9. The van der Waals surface area contributed by atoms with E-state index >= 15 is 0 Å². The summed E-state index contributed by atoms with van der Waals surface area (Å²) < 4.78 is 38.2. The van der Waals surface area contributed by atoms with Gasteiger partial charge < -0.3 is 5.73 Å². The van der Waals surface area contributed by atoms with Crippen molar-refractivity contribution in [3.63, 3.8) is 0 Å². The molecule has 3 nitrogen and oxygen atoms in total. The molecule has 0 saturated heterocycles. The number of pyridine rings is 1. The Morgan fingerprint density at radius 3 is 2.70 bits per heavy atom. The van der Waals surface area contributed by atoms with Crippen LogP contribution in [0.4, 0.5) is 18.9 Å². The number of nitrogens with two attached hydrogens (primary N) is 1. The number of benzene rings is 1. The number of anilines is 1. The fourth-order valence-electron chi connectivity index (χ4n) is 2.15. The van der Waals surface area contributed by atoms with Crippen molar-refractivity contribution in [1.82, 2.24) is 9.97 Å². The van der Waals surface area contributed by atoms with Crippen molar-refractivity contribution in [2.24, 2.45) is 0 Å². The third-order valence-electron chi connectivity index (χ3n) is 3.22. The Hall–Kier alpha value is -2.41. The van der Waals surface area contributed by atoms with Crippen LogP contribution in [0.15, 0.2) is 48.1 Å². The summed E-state index contributed by atoms with van der Waals surface area (Å²) in [5.74, 6) is 0. The van der Waals surface area contributed by atoms with Gasteiger partial charge in [0.1, 0.15) is 0 Å². The van der Waals surface area contributed by atoms with Crippen LogP contribution in [0.5, 0.6) is 0 Å². The summed E-state index contributed by atoms with van der Waals surface area (Å²) in [5, 5.41) is 2.58. The monoisotopic (exact) mass is 335 g/mol. The molecule has 0 aliphatic heterocycles. The van der Waals surface area contributed by atoms with Crippen molar-refractivity contribution in [3.05, 3.63) is 64.2 Å². The van der Waals surface area contributed by atoms with Crippen LogP contribution in [0.25, 0.3) is 11.3 Å². The van der Waals surface area contributed by atoms with Gasteiger partial charge in [-0.3, -0.25) is 4.98 Å². The van der Waals surface area contributed by atoms with Crippen LogP contribution in [0.3, 0.4) is 0 Å². The van der Waals surface area contributed by atoms with Crippen LogP contribution in [-0.2, 0) is 12.6 Å². The van der Waals surface area contributed by atoms with E-state index in [4.69, 9.17) is 5.73 Å².